The summed E-state index contributed by atoms with van der Waals surface area (Å²) in [6.07, 6.45) is 6.49. The summed E-state index contributed by atoms with van der Waals surface area (Å²) in [6.45, 7) is 6.20. The standard InChI is InChI=1S/C26H30ClN5O3/c1-26(2,34-21-10-8-20(27)9-11-21)25(33)32-15-13-31(14-16-32)22-12-7-19(17-28-22)23-29-24(35-30-23)18-5-3-4-6-18/h7-12,17-18H,3-6,13-16H2,1-2H3. The van der Waals surface area contributed by atoms with Gasteiger partial charge < -0.3 is 19.1 Å². The topological polar surface area (TPSA) is 84.6 Å². The van der Waals surface area contributed by atoms with E-state index >= 15 is 0 Å². The molecule has 0 unspecified atom stereocenters. The molecule has 0 bridgehead atoms. The Balaban J connectivity index is 1.17. The molecule has 2 aliphatic rings. The number of aromatic nitrogens is 3. The fraction of sp³-hybridized carbons (Fsp3) is 0.462. The van der Waals surface area contributed by atoms with E-state index in [9.17, 15) is 4.79 Å². The number of benzene rings is 1. The number of anilines is 1. The number of halogens is 1. The van der Waals surface area contributed by atoms with Crippen molar-refractivity contribution in [2.45, 2.75) is 51.0 Å². The van der Waals surface area contributed by atoms with Crippen molar-refractivity contribution >= 4 is 23.3 Å². The Morgan fingerprint density at radius 1 is 1.06 bits per heavy atom. The highest BCUT2D eigenvalue weighted by Gasteiger charge is 2.36. The second-order valence-electron chi connectivity index (χ2n) is 9.69. The van der Waals surface area contributed by atoms with Crippen molar-refractivity contribution in [1.29, 1.82) is 0 Å². The van der Waals surface area contributed by atoms with Crippen molar-refractivity contribution in [2.75, 3.05) is 31.1 Å². The lowest BCUT2D eigenvalue weighted by Gasteiger charge is -2.39. The first-order valence-electron chi connectivity index (χ1n) is 12.2. The molecule has 1 aliphatic carbocycles. The van der Waals surface area contributed by atoms with Gasteiger partial charge >= 0.3 is 0 Å². The number of amides is 1. The minimum Gasteiger partial charge on any atom is -0.478 e. The van der Waals surface area contributed by atoms with E-state index in [1.807, 2.05) is 17.0 Å². The normalized spacial score (nSPS) is 17.1. The monoisotopic (exact) mass is 495 g/mol. The predicted octanol–water partition coefficient (Wildman–Crippen LogP) is 4.95. The van der Waals surface area contributed by atoms with Crippen LogP contribution in [0.2, 0.25) is 5.02 Å². The quantitative estimate of drug-likeness (QED) is 0.478. The van der Waals surface area contributed by atoms with Crippen LogP contribution in [0.1, 0.15) is 51.3 Å². The van der Waals surface area contributed by atoms with E-state index in [0.29, 0.717) is 48.7 Å². The van der Waals surface area contributed by atoms with Gasteiger partial charge in [-0.1, -0.05) is 29.6 Å². The first kappa shape index (κ1) is 23.6. The Morgan fingerprint density at radius 3 is 2.43 bits per heavy atom. The number of carbonyl (C=O) groups is 1. The number of hydrogen-bond acceptors (Lipinski definition) is 7. The van der Waals surface area contributed by atoms with E-state index in [1.54, 1.807) is 44.3 Å². The fourth-order valence-electron chi connectivity index (χ4n) is 4.76. The van der Waals surface area contributed by atoms with E-state index in [0.717, 1.165) is 30.1 Å². The van der Waals surface area contributed by atoms with Crippen molar-refractivity contribution in [1.82, 2.24) is 20.0 Å². The smallest absolute Gasteiger partial charge is 0.266 e. The number of nitrogens with zero attached hydrogens (tertiary/aromatic N) is 5. The molecule has 2 fully saturated rings. The third-order valence-electron chi connectivity index (χ3n) is 6.74. The van der Waals surface area contributed by atoms with Gasteiger partial charge in [0.05, 0.1) is 0 Å². The predicted molar refractivity (Wildman–Crippen MR) is 134 cm³/mol. The van der Waals surface area contributed by atoms with E-state index < -0.39 is 5.60 Å². The SMILES string of the molecule is CC(C)(Oc1ccc(Cl)cc1)C(=O)N1CCN(c2ccc(-c3noc(C4CCCC4)n3)cn2)CC1. The summed E-state index contributed by atoms with van der Waals surface area (Å²) < 4.78 is 11.5. The third kappa shape index (κ3) is 5.27. The summed E-state index contributed by atoms with van der Waals surface area (Å²) in [6, 6.07) is 11.0. The van der Waals surface area contributed by atoms with Gasteiger partial charge in [-0.25, -0.2) is 4.98 Å². The van der Waals surface area contributed by atoms with Gasteiger partial charge in [-0.05, 0) is 63.1 Å². The first-order valence-corrected chi connectivity index (χ1v) is 12.6. The summed E-state index contributed by atoms with van der Waals surface area (Å²) in [7, 11) is 0. The summed E-state index contributed by atoms with van der Waals surface area (Å²) in [5.74, 6) is 3.17. The van der Waals surface area contributed by atoms with Crippen LogP contribution >= 0.6 is 11.6 Å². The van der Waals surface area contributed by atoms with Crippen LogP contribution in [0.25, 0.3) is 11.4 Å². The second kappa shape index (κ2) is 9.85. The molecule has 3 aromatic rings. The highest BCUT2D eigenvalue weighted by Crippen LogP contribution is 2.34. The highest BCUT2D eigenvalue weighted by molar-refractivity contribution is 6.30. The average molecular weight is 496 g/mol. The molecule has 35 heavy (non-hydrogen) atoms. The second-order valence-corrected chi connectivity index (χ2v) is 10.1. The first-order chi connectivity index (χ1) is 16.9. The zero-order valence-corrected chi connectivity index (χ0v) is 20.9. The lowest BCUT2D eigenvalue weighted by Crippen LogP contribution is -2.56. The Hall–Kier alpha value is -3.13. The van der Waals surface area contributed by atoms with Crippen molar-refractivity contribution in [3.63, 3.8) is 0 Å². The summed E-state index contributed by atoms with van der Waals surface area (Å²) in [5.41, 5.74) is -0.130. The molecule has 1 amide bonds. The molecule has 5 rings (SSSR count). The molecular formula is C26H30ClN5O3. The van der Waals surface area contributed by atoms with E-state index in [-0.39, 0.29) is 5.91 Å². The lowest BCUT2D eigenvalue weighted by molar-refractivity contribution is -0.145. The Labute approximate surface area is 210 Å². The molecule has 3 heterocycles. The lowest BCUT2D eigenvalue weighted by atomic mass is 10.1. The van der Waals surface area contributed by atoms with Crippen LogP contribution in [0.15, 0.2) is 47.1 Å². The number of carbonyl (C=O) groups excluding carboxylic acids is 1. The average Bonchev–Trinajstić information content (AvgIpc) is 3.58. The molecule has 184 valence electrons. The maximum absolute atomic E-state index is 13.2. The number of hydrogen-bond donors (Lipinski definition) is 0. The van der Waals surface area contributed by atoms with E-state index in [4.69, 9.17) is 20.9 Å². The van der Waals surface area contributed by atoms with E-state index in [2.05, 4.69) is 20.0 Å². The third-order valence-corrected chi connectivity index (χ3v) is 7.00. The van der Waals surface area contributed by atoms with Gasteiger partial charge in [-0.15, -0.1) is 0 Å². The molecule has 1 saturated heterocycles. The molecule has 9 heteroatoms. The van der Waals surface area contributed by atoms with Gasteiger partial charge in [-0.3, -0.25) is 4.79 Å². The van der Waals surface area contributed by atoms with Gasteiger partial charge in [0.25, 0.3) is 5.91 Å². The maximum Gasteiger partial charge on any atom is 0.266 e. The van der Waals surface area contributed by atoms with Gasteiger partial charge in [0.15, 0.2) is 5.60 Å². The zero-order chi connectivity index (χ0) is 24.4. The number of rotatable bonds is 6. The van der Waals surface area contributed by atoms with Gasteiger partial charge in [0.2, 0.25) is 11.7 Å². The maximum atomic E-state index is 13.2. The van der Waals surface area contributed by atoms with Crippen LogP contribution < -0.4 is 9.64 Å². The summed E-state index contributed by atoms with van der Waals surface area (Å²) >= 11 is 5.95. The summed E-state index contributed by atoms with van der Waals surface area (Å²) in [4.78, 5) is 26.4. The highest BCUT2D eigenvalue weighted by atomic mass is 35.5. The van der Waals surface area contributed by atoms with Crippen molar-refractivity contribution in [2.24, 2.45) is 0 Å². The Kier molecular flexibility index (Phi) is 6.65. The van der Waals surface area contributed by atoms with Crippen LogP contribution in [0.5, 0.6) is 5.75 Å². The molecule has 1 aliphatic heterocycles. The minimum absolute atomic E-state index is 0.0365. The van der Waals surface area contributed by atoms with Crippen LogP contribution in [0.3, 0.4) is 0 Å². The van der Waals surface area contributed by atoms with Crippen molar-refractivity contribution in [3.8, 4) is 17.1 Å². The molecule has 0 atom stereocenters. The molecule has 0 N–H and O–H groups in total. The van der Waals surface area contributed by atoms with Gasteiger partial charge in [0.1, 0.15) is 11.6 Å². The van der Waals surface area contributed by atoms with Gasteiger partial charge in [0, 0.05) is 48.9 Å². The van der Waals surface area contributed by atoms with Crippen molar-refractivity contribution in [3.05, 3.63) is 53.5 Å². The number of pyridine rings is 1. The number of ether oxygens (including phenoxy) is 1. The Morgan fingerprint density at radius 2 is 1.77 bits per heavy atom. The Bertz CT molecular complexity index is 1150. The largest absolute Gasteiger partial charge is 0.478 e. The zero-order valence-electron chi connectivity index (χ0n) is 20.1. The van der Waals surface area contributed by atoms with Crippen LogP contribution in [-0.2, 0) is 4.79 Å². The summed E-state index contributed by atoms with van der Waals surface area (Å²) in [5, 5.41) is 4.79. The molecular weight excluding hydrogens is 466 g/mol. The van der Waals surface area contributed by atoms with E-state index in [1.165, 1.54) is 12.8 Å². The van der Waals surface area contributed by atoms with Crippen molar-refractivity contribution < 1.29 is 14.1 Å². The van der Waals surface area contributed by atoms with Crippen LogP contribution in [-0.4, -0.2) is 57.7 Å². The van der Waals surface area contributed by atoms with Crippen LogP contribution in [0, 0.1) is 0 Å². The molecule has 2 aromatic heterocycles. The molecule has 0 spiro atoms. The fourth-order valence-corrected chi connectivity index (χ4v) is 4.88. The molecule has 0 radical (unpaired) electrons. The molecule has 1 aromatic carbocycles. The minimum atomic E-state index is -0.974. The molecule has 1 saturated carbocycles. The number of piperazine rings is 1. The van der Waals surface area contributed by atoms with Gasteiger partial charge in [-0.2, -0.15) is 4.98 Å². The van der Waals surface area contributed by atoms with Crippen LogP contribution in [0.4, 0.5) is 5.82 Å². The molecule has 8 nitrogen and oxygen atoms in total.